The third-order valence-electron chi connectivity index (χ3n) is 5.66. The zero-order chi connectivity index (χ0) is 30.8. The van der Waals surface area contributed by atoms with Gasteiger partial charge in [0.25, 0.3) is 0 Å². The summed E-state index contributed by atoms with van der Waals surface area (Å²) in [5.41, 5.74) is 3.55. The molecule has 0 aliphatic heterocycles. The van der Waals surface area contributed by atoms with Crippen molar-refractivity contribution in [2.24, 2.45) is 0 Å². The highest BCUT2D eigenvalue weighted by molar-refractivity contribution is 6.60. The Kier molecular flexibility index (Phi) is 15.3. The van der Waals surface area contributed by atoms with Gasteiger partial charge in [-0.25, -0.2) is 14.4 Å². The van der Waals surface area contributed by atoms with Gasteiger partial charge in [-0.1, -0.05) is 30.8 Å². The number of hydrogen-bond acceptors (Lipinski definition) is 9. The third-order valence-corrected chi connectivity index (χ3v) is 8.81. The average Bonchev–Trinajstić information content (AvgIpc) is 2.96. The van der Waals surface area contributed by atoms with Gasteiger partial charge >= 0.3 is 27.0 Å². The molecule has 0 saturated carbocycles. The Hall–Kier alpha value is -3.71. The van der Waals surface area contributed by atoms with Crippen molar-refractivity contribution in [3.8, 4) is 0 Å². The van der Waals surface area contributed by atoms with E-state index in [2.05, 4.69) is 17.2 Å². The van der Waals surface area contributed by atoms with Gasteiger partial charge in [-0.05, 0) is 75.9 Å². The summed E-state index contributed by atoms with van der Waals surface area (Å²) in [6.07, 6.45) is 0.0522. The molecule has 0 spiro atoms. The Labute approximate surface area is 248 Å². The number of hydrogen-bond donors (Lipinski definition) is 2. The molecule has 0 radical (unpaired) electrons. The van der Waals surface area contributed by atoms with Gasteiger partial charge in [0, 0.05) is 42.8 Å². The first-order valence-electron chi connectivity index (χ1n) is 14.0. The van der Waals surface area contributed by atoms with Crippen molar-refractivity contribution in [3.63, 3.8) is 0 Å². The smallest absolute Gasteiger partial charge is 0.459 e. The van der Waals surface area contributed by atoms with Crippen LogP contribution in [0.25, 0.3) is 0 Å². The second kappa shape index (κ2) is 18.7. The number of nitrogens with one attached hydrogen (secondary N) is 2. The lowest BCUT2D eigenvalue weighted by Gasteiger charge is -2.28. The van der Waals surface area contributed by atoms with Crippen LogP contribution in [0.2, 0.25) is 6.04 Å². The molecule has 2 rings (SSSR count). The molecule has 0 atom stereocenters. The number of esters is 1. The van der Waals surface area contributed by atoms with Crippen molar-refractivity contribution in [3.05, 3.63) is 71.8 Å². The van der Waals surface area contributed by atoms with Crippen molar-refractivity contribution in [1.82, 2.24) is 0 Å². The van der Waals surface area contributed by atoms with Crippen LogP contribution < -0.4 is 10.6 Å². The number of anilines is 2. The fraction of sp³-hybridized carbons (Fsp3) is 0.433. The number of carbonyl (C=O) groups is 3. The topological polar surface area (TPSA) is 131 Å². The summed E-state index contributed by atoms with van der Waals surface area (Å²) in [6.45, 7) is 12.3. The molecule has 0 heterocycles. The minimum atomic E-state index is -2.76. The Balaban J connectivity index is 1.73. The van der Waals surface area contributed by atoms with Crippen LogP contribution in [0.15, 0.2) is 60.7 Å². The van der Waals surface area contributed by atoms with E-state index in [4.69, 9.17) is 27.5 Å². The summed E-state index contributed by atoms with van der Waals surface area (Å²) < 4.78 is 32.7. The Morgan fingerprint density at radius 2 is 1.12 bits per heavy atom. The van der Waals surface area contributed by atoms with Crippen LogP contribution in [0.3, 0.4) is 0 Å². The van der Waals surface area contributed by atoms with E-state index in [0.717, 1.165) is 11.1 Å². The van der Waals surface area contributed by atoms with E-state index >= 15 is 0 Å². The van der Waals surface area contributed by atoms with E-state index in [1.165, 1.54) is 6.92 Å². The fourth-order valence-corrected chi connectivity index (χ4v) is 6.38. The van der Waals surface area contributed by atoms with Crippen LogP contribution in [-0.4, -0.2) is 66.6 Å². The zero-order valence-electron chi connectivity index (χ0n) is 24.9. The maximum absolute atomic E-state index is 12.2. The minimum Gasteiger partial charge on any atom is -0.459 e. The van der Waals surface area contributed by atoms with Crippen LogP contribution in [0.5, 0.6) is 0 Å². The monoisotopic (exact) mass is 602 g/mol. The molecule has 2 aromatic rings. The summed E-state index contributed by atoms with van der Waals surface area (Å²) in [5.74, 6) is -0.531. The van der Waals surface area contributed by atoms with E-state index in [1.54, 1.807) is 12.1 Å². The Morgan fingerprint density at radius 3 is 1.55 bits per heavy atom. The summed E-state index contributed by atoms with van der Waals surface area (Å²) in [5, 5.41) is 5.36. The molecule has 11 nitrogen and oxygen atoms in total. The van der Waals surface area contributed by atoms with Gasteiger partial charge in [0.1, 0.15) is 13.2 Å². The summed E-state index contributed by atoms with van der Waals surface area (Å²) in [4.78, 5) is 35.5. The molecule has 0 aromatic heterocycles. The second-order valence-corrected chi connectivity index (χ2v) is 11.8. The lowest BCUT2D eigenvalue weighted by molar-refractivity contribution is -0.139. The van der Waals surface area contributed by atoms with Gasteiger partial charge in [0.2, 0.25) is 0 Å². The summed E-state index contributed by atoms with van der Waals surface area (Å²) in [7, 11) is -2.76. The van der Waals surface area contributed by atoms with E-state index in [9.17, 15) is 14.4 Å². The van der Waals surface area contributed by atoms with Crippen molar-refractivity contribution in [2.75, 3.05) is 50.3 Å². The van der Waals surface area contributed by atoms with Crippen LogP contribution in [0.4, 0.5) is 21.0 Å². The number of carbonyl (C=O) groups excluding carboxylic acids is 3. The fourth-order valence-electron chi connectivity index (χ4n) is 3.80. The molecular formula is C30H42N2O9Si. The van der Waals surface area contributed by atoms with Crippen LogP contribution in [-0.2, 0) is 38.7 Å². The molecule has 42 heavy (non-hydrogen) atoms. The molecule has 0 aliphatic carbocycles. The Bertz CT molecular complexity index is 1120. The molecule has 230 valence electrons. The van der Waals surface area contributed by atoms with Crippen LogP contribution >= 0.6 is 0 Å². The summed E-state index contributed by atoms with van der Waals surface area (Å²) in [6, 6.07) is 15.4. The zero-order valence-corrected chi connectivity index (χ0v) is 25.9. The minimum absolute atomic E-state index is 0.0474. The van der Waals surface area contributed by atoms with Gasteiger partial charge in [-0.3, -0.25) is 10.6 Å². The summed E-state index contributed by atoms with van der Waals surface area (Å²) >= 11 is 0. The molecule has 0 bridgehead atoms. The van der Waals surface area contributed by atoms with Gasteiger partial charge in [-0.15, -0.1) is 0 Å². The predicted octanol–water partition coefficient (Wildman–Crippen LogP) is 5.93. The molecule has 0 unspecified atom stereocenters. The Morgan fingerprint density at radius 1 is 0.690 bits per heavy atom. The van der Waals surface area contributed by atoms with Gasteiger partial charge in [0.15, 0.2) is 0 Å². The van der Waals surface area contributed by atoms with E-state index < -0.39 is 27.0 Å². The second-order valence-electron chi connectivity index (χ2n) is 9.09. The van der Waals surface area contributed by atoms with Gasteiger partial charge in [0.05, 0.1) is 6.61 Å². The highest BCUT2D eigenvalue weighted by atomic mass is 28.4. The standard InChI is InChI=1S/C30H42N2O9Si/c1-6-39-42(40-7-2,41-8-3)21-9-18-37-29(34)31-26-14-10-24(11-15-26)22-25-12-16-27(17-13-25)32-30(35)38-20-19-36-28(33)23(4)5/h10-17H,4,6-9,18-22H2,1-3,5H3,(H,31,34)(H,32,35). The van der Waals surface area contributed by atoms with Crippen LogP contribution in [0.1, 0.15) is 45.2 Å². The highest BCUT2D eigenvalue weighted by Crippen LogP contribution is 2.19. The number of amides is 2. The first-order chi connectivity index (χ1) is 20.2. The number of benzene rings is 2. The maximum atomic E-state index is 12.2. The molecule has 0 aliphatic rings. The molecule has 0 saturated heterocycles. The van der Waals surface area contributed by atoms with E-state index in [0.29, 0.717) is 50.1 Å². The molecular weight excluding hydrogens is 560 g/mol. The van der Waals surface area contributed by atoms with Crippen LogP contribution in [0, 0.1) is 0 Å². The van der Waals surface area contributed by atoms with Gasteiger partial charge in [-0.2, -0.15) is 0 Å². The first kappa shape index (κ1) is 34.5. The number of rotatable bonds is 18. The molecule has 2 N–H and O–H groups in total. The van der Waals surface area contributed by atoms with Gasteiger partial charge < -0.3 is 27.5 Å². The largest absolute Gasteiger partial charge is 0.501 e. The molecule has 0 fully saturated rings. The lowest BCUT2D eigenvalue weighted by atomic mass is 10.0. The van der Waals surface area contributed by atoms with E-state index in [1.807, 2.05) is 57.2 Å². The normalized spacial score (nSPS) is 11.0. The van der Waals surface area contributed by atoms with Crippen molar-refractivity contribution in [2.45, 2.75) is 46.6 Å². The lowest BCUT2D eigenvalue weighted by Crippen LogP contribution is -2.46. The quantitative estimate of drug-likeness (QED) is 0.0700. The molecule has 12 heteroatoms. The predicted molar refractivity (Wildman–Crippen MR) is 161 cm³/mol. The molecule has 2 aromatic carbocycles. The third kappa shape index (κ3) is 12.9. The maximum Gasteiger partial charge on any atom is 0.501 e. The number of ether oxygens (including phenoxy) is 3. The first-order valence-corrected chi connectivity index (χ1v) is 15.9. The SMILES string of the molecule is C=C(C)C(=O)OCCOC(=O)Nc1ccc(Cc2ccc(NC(=O)OCCC[Si](OCC)(OCC)OCC)cc2)cc1. The average molecular weight is 603 g/mol. The van der Waals surface area contributed by atoms with Crippen molar-refractivity contribution < 1.29 is 41.9 Å². The van der Waals surface area contributed by atoms with E-state index in [-0.39, 0.29) is 25.4 Å². The molecule has 2 amide bonds. The van der Waals surface area contributed by atoms with Crippen molar-refractivity contribution in [1.29, 1.82) is 0 Å². The highest BCUT2D eigenvalue weighted by Gasteiger charge is 2.39. The van der Waals surface area contributed by atoms with Crippen molar-refractivity contribution >= 4 is 38.3 Å².